The Morgan fingerprint density at radius 2 is 1.90 bits per heavy atom. The first-order valence-electron chi connectivity index (χ1n) is 6.86. The number of rotatable bonds is 1. The van der Waals surface area contributed by atoms with Gasteiger partial charge in [-0.15, -0.1) is 0 Å². The molecule has 1 heterocycles. The van der Waals surface area contributed by atoms with Crippen molar-refractivity contribution in [3.8, 4) is 0 Å². The molecule has 0 unspecified atom stereocenters. The van der Waals surface area contributed by atoms with Crippen LogP contribution in [0.25, 0.3) is 0 Å². The van der Waals surface area contributed by atoms with Gasteiger partial charge in [-0.3, -0.25) is 4.90 Å². The van der Waals surface area contributed by atoms with Crippen molar-refractivity contribution in [2.45, 2.75) is 37.8 Å². The summed E-state index contributed by atoms with van der Waals surface area (Å²) in [7, 11) is 0. The molecule has 1 aliphatic carbocycles. The van der Waals surface area contributed by atoms with Gasteiger partial charge in [-0.1, -0.05) is 28.4 Å². The van der Waals surface area contributed by atoms with Crippen LogP contribution in [0.5, 0.6) is 0 Å². The molecule has 0 aromatic heterocycles. The van der Waals surface area contributed by atoms with Crippen LogP contribution < -0.4 is 16.4 Å². The van der Waals surface area contributed by atoms with Crippen LogP contribution in [-0.2, 0) is 0 Å². The van der Waals surface area contributed by atoms with E-state index in [1.54, 1.807) is 0 Å². The highest BCUT2D eigenvalue weighted by atomic mass is 79.9. The molecule has 106 valence electrons. The standard InChI is InChI=1S/C14H18BrN5/c15-10-5-4-6-11(9-10)20-13(17)18-12(16)19-14(20)7-2-1-3-8-14/h4-6,9H,1-3,7-8H2,(H4,16,17,18,19). The first kappa shape index (κ1) is 13.4. The summed E-state index contributed by atoms with van der Waals surface area (Å²) in [6.07, 6.45) is 5.41. The average Bonchev–Trinajstić information content (AvgIpc) is 2.38. The van der Waals surface area contributed by atoms with Crippen molar-refractivity contribution >= 4 is 33.5 Å². The minimum absolute atomic E-state index is 0.288. The van der Waals surface area contributed by atoms with E-state index >= 15 is 0 Å². The molecule has 6 heteroatoms. The fourth-order valence-corrected chi connectivity index (χ4v) is 3.50. The predicted molar refractivity (Wildman–Crippen MR) is 85.7 cm³/mol. The fourth-order valence-electron chi connectivity index (χ4n) is 3.11. The van der Waals surface area contributed by atoms with Gasteiger partial charge < -0.3 is 11.5 Å². The van der Waals surface area contributed by atoms with Crippen molar-refractivity contribution in [2.24, 2.45) is 21.5 Å². The van der Waals surface area contributed by atoms with E-state index in [0.29, 0.717) is 5.96 Å². The number of hydrogen-bond acceptors (Lipinski definition) is 5. The van der Waals surface area contributed by atoms with Crippen LogP contribution in [-0.4, -0.2) is 17.6 Å². The van der Waals surface area contributed by atoms with Gasteiger partial charge in [0.15, 0.2) is 0 Å². The summed E-state index contributed by atoms with van der Waals surface area (Å²) in [4.78, 5) is 10.8. The molecular weight excluding hydrogens is 318 g/mol. The van der Waals surface area contributed by atoms with E-state index in [4.69, 9.17) is 11.5 Å². The summed E-state index contributed by atoms with van der Waals surface area (Å²) < 4.78 is 1.01. The Morgan fingerprint density at radius 1 is 1.15 bits per heavy atom. The summed E-state index contributed by atoms with van der Waals surface area (Å²) in [5.74, 6) is 0.716. The van der Waals surface area contributed by atoms with Crippen LogP contribution >= 0.6 is 15.9 Å². The molecule has 0 amide bonds. The van der Waals surface area contributed by atoms with E-state index in [1.165, 1.54) is 6.42 Å². The Labute approximate surface area is 126 Å². The number of nitrogens with zero attached hydrogens (tertiary/aromatic N) is 3. The van der Waals surface area contributed by atoms with E-state index in [2.05, 4.69) is 25.9 Å². The maximum absolute atomic E-state index is 6.16. The monoisotopic (exact) mass is 335 g/mol. The van der Waals surface area contributed by atoms with Crippen molar-refractivity contribution in [2.75, 3.05) is 4.90 Å². The van der Waals surface area contributed by atoms with Crippen LogP contribution in [0.15, 0.2) is 38.7 Å². The predicted octanol–water partition coefficient (Wildman–Crippen LogP) is 2.56. The lowest BCUT2D eigenvalue weighted by molar-refractivity contribution is 0.305. The lowest BCUT2D eigenvalue weighted by Crippen LogP contribution is -2.58. The maximum Gasteiger partial charge on any atom is 0.220 e. The molecule has 1 aromatic rings. The SMILES string of the molecule is NC1=NC2(CCCCC2)N(c2cccc(Br)c2)C(N)=N1. The zero-order chi connectivity index (χ0) is 14.2. The Morgan fingerprint density at radius 3 is 2.60 bits per heavy atom. The maximum atomic E-state index is 6.16. The van der Waals surface area contributed by atoms with E-state index in [9.17, 15) is 0 Å². The summed E-state index contributed by atoms with van der Waals surface area (Å²) in [5, 5.41) is 0. The Balaban J connectivity index is 2.08. The van der Waals surface area contributed by atoms with E-state index in [1.807, 2.05) is 29.2 Å². The topological polar surface area (TPSA) is 80.0 Å². The van der Waals surface area contributed by atoms with Gasteiger partial charge in [-0.2, -0.15) is 4.99 Å². The van der Waals surface area contributed by atoms with Gasteiger partial charge in [0.05, 0.1) is 0 Å². The molecule has 3 rings (SSSR count). The van der Waals surface area contributed by atoms with Gasteiger partial charge in [0.2, 0.25) is 11.9 Å². The molecule has 4 N–H and O–H groups in total. The van der Waals surface area contributed by atoms with Crippen molar-refractivity contribution in [1.82, 2.24) is 0 Å². The van der Waals surface area contributed by atoms with Crippen LogP contribution in [0, 0.1) is 0 Å². The molecule has 1 spiro atoms. The number of halogens is 1. The van der Waals surface area contributed by atoms with E-state index in [0.717, 1.165) is 35.8 Å². The zero-order valence-corrected chi connectivity index (χ0v) is 12.8. The van der Waals surface area contributed by atoms with Gasteiger partial charge in [-0.05, 0) is 43.9 Å². The number of nitrogens with two attached hydrogens (primary N) is 2. The van der Waals surface area contributed by atoms with Gasteiger partial charge in [0.25, 0.3) is 0 Å². The minimum Gasteiger partial charge on any atom is -0.369 e. The number of aliphatic imine (C=N–C) groups is 2. The molecule has 0 radical (unpaired) electrons. The van der Waals surface area contributed by atoms with Gasteiger partial charge in [-0.25, -0.2) is 4.99 Å². The molecular formula is C14H18BrN5. The Hall–Kier alpha value is -1.56. The summed E-state index contributed by atoms with van der Waals surface area (Å²) in [6, 6.07) is 8.05. The lowest BCUT2D eigenvalue weighted by atomic mass is 9.87. The molecule has 0 atom stereocenters. The second-order valence-electron chi connectivity index (χ2n) is 5.30. The quantitative estimate of drug-likeness (QED) is 0.827. The largest absolute Gasteiger partial charge is 0.369 e. The number of hydrogen-bond donors (Lipinski definition) is 2. The highest BCUT2D eigenvalue weighted by Gasteiger charge is 2.42. The first-order chi connectivity index (χ1) is 9.61. The summed E-state index contributed by atoms with van der Waals surface area (Å²) >= 11 is 3.51. The van der Waals surface area contributed by atoms with Gasteiger partial charge in [0.1, 0.15) is 5.66 Å². The number of benzene rings is 1. The van der Waals surface area contributed by atoms with Crippen molar-refractivity contribution < 1.29 is 0 Å². The molecule has 5 nitrogen and oxygen atoms in total. The number of anilines is 1. The molecule has 1 aliphatic heterocycles. The first-order valence-corrected chi connectivity index (χ1v) is 7.65. The molecule has 1 saturated carbocycles. The molecule has 1 fully saturated rings. The van der Waals surface area contributed by atoms with Crippen molar-refractivity contribution in [3.05, 3.63) is 28.7 Å². The highest BCUT2D eigenvalue weighted by molar-refractivity contribution is 9.10. The third kappa shape index (κ3) is 2.28. The normalized spacial score (nSPS) is 21.6. The van der Waals surface area contributed by atoms with E-state index < -0.39 is 0 Å². The highest BCUT2D eigenvalue weighted by Crippen LogP contribution is 2.39. The Kier molecular flexibility index (Phi) is 3.41. The second kappa shape index (κ2) is 5.09. The third-order valence-electron chi connectivity index (χ3n) is 3.92. The number of guanidine groups is 2. The fraction of sp³-hybridized carbons (Fsp3) is 0.429. The molecule has 1 aromatic carbocycles. The van der Waals surface area contributed by atoms with Crippen LogP contribution in [0.2, 0.25) is 0 Å². The van der Waals surface area contributed by atoms with E-state index in [-0.39, 0.29) is 11.6 Å². The Bertz CT molecular complexity index is 575. The average molecular weight is 336 g/mol. The van der Waals surface area contributed by atoms with Crippen molar-refractivity contribution in [3.63, 3.8) is 0 Å². The van der Waals surface area contributed by atoms with Crippen LogP contribution in [0.3, 0.4) is 0 Å². The summed E-state index contributed by atoms with van der Waals surface area (Å²) in [5.41, 5.74) is 12.6. The molecule has 20 heavy (non-hydrogen) atoms. The summed E-state index contributed by atoms with van der Waals surface area (Å²) in [6.45, 7) is 0. The minimum atomic E-state index is -0.366. The molecule has 0 bridgehead atoms. The molecule has 2 aliphatic rings. The van der Waals surface area contributed by atoms with Crippen molar-refractivity contribution in [1.29, 1.82) is 0 Å². The third-order valence-corrected chi connectivity index (χ3v) is 4.41. The van der Waals surface area contributed by atoms with Crippen LogP contribution in [0.4, 0.5) is 5.69 Å². The molecule has 0 saturated heterocycles. The zero-order valence-electron chi connectivity index (χ0n) is 11.2. The van der Waals surface area contributed by atoms with Crippen LogP contribution in [0.1, 0.15) is 32.1 Å². The smallest absolute Gasteiger partial charge is 0.220 e. The van der Waals surface area contributed by atoms with Gasteiger partial charge >= 0.3 is 0 Å². The van der Waals surface area contributed by atoms with Gasteiger partial charge in [0, 0.05) is 10.2 Å². The second-order valence-corrected chi connectivity index (χ2v) is 6.21. The lowest BCUT2D eigenvalue weighted by Gasteiger charge is -2.45.